The summed E-state index contributed by atoms with van der Waals surface area (Å²) in [6.45, 7) is 1.92. The van der Waals surface area contributed by atoms with E-state index in [4.69, 9.17) is 16.0 Å². The van der Waals surface area contributed by atoms with Gasteiger partial charge in [0.15, 0.2) is 0 Å². The minimum Gasteiger partial charge on any atom is -0.422 e. The van der Waals surface area contributed by atoms with E-state index in [0.717, 1.165) is 12.8 Å². The number of fused-ring (bicyclic) bond motifs is 1. The largest absolute Gasteiger partial charge is 0.422 e. The first kappa shape index (κ1) is 17.2. The molecule has 0 saturated heterocycles. The van der Waals surface area contributed by atoms with Crippen LogP contribution in [0.4, 0.5) is 0 Å². The van der Waals surface area contributed by atoms with Gasteiger partial charge in [0.25, 0.3) is 5.91 Å². The highest BCUT2D eigenvalue weighted by atomic mass is 35.5. The normalized spacial score (nSPS) is 12.1. The summed E-state index contributed by atoms with van der Waals surface area (Å²) < 4.78 is 5.20. The molecule has 1 atom stereocenters. The topological polar surface area (TPSA) is 59.3 Å². The molecule has 0 aliphatic rings. The van der Waals surface area contributed by atoms with Gasteiger partial charge < -0.3 is 9.73 Å². The molecular formula is C20H18ClNO3. The summed E-state index contributed by atoms with van der Waals surface area (Å²) in [6, 6.07) is 16.4. The van der Waals surface area contributed by atoms with Crippen molar-refractivity contribution in [3.05, 3.63) is 81.2 Å². The van der Waals surface area contributed by atoms with Crippen molar-refractivity contribution in [2.45, 2.75) is 25.8 Å². The van der Waals surface area contributed by atoms with Gasteiger partial charge in [-0.3, -0.25) is 4.79 Å². The fraction of sp³-hybridized carbons (Fsp3) is 0.200. The van der Waals surface area contributed by atoms with Crippen molar-refractivity contribution >= 4 is 28.5 Å². The number of carbonyl (C=O) groups is 1. The van der Waals surface area contributed by atoms with Crippen molar-refractivity contribution in [3.8, 4) is 0 Å². The van der Waals surface area contributed by atoms with Gasteiger partial charge in [-0.2, -0.15) is 0 Å². The molecule has 5 heteroatoms. The van der Waals surface area contributed by atoms with Crippen LogP contribution in [-0.4, -0.2) is 11.9 Å². The Kier molecular flexibility index (Phi) is 5.19. The lowest BCUT2D eigenvalue weighted by atomic mass is 10.1. The number of rotatable bonds is 5. The molecule has 0 aliphatic carbocycles. The zero-order valence-electron chi connectivity index (χ0n) is 13.8. The van der Waals surface area contributed by atoms with Crippen LogP contribution in [0, 0.1) is 0 Å². The van der Waals surface area contributed by atoms with Crippen molar-refractivity contribution < 1.29 is 9.21 Å². The Labute approximate surface area is 150 Å². The van der Waals surface area contributed by atoms with Gasteiger partial charge in [0, 0.05) is 16.5 Å². The van der Waals surface area contributed by atoms with Crippen LogP contribution in [0.3, 0.4) is 0 Å². The van der Waals surface area contributed by atoms with Crippen LogP contribution in [-0.2, 0) is 6.42 Å². The van der Waals surface area contributed by atoms with Gasteiger partial charge >= 0.3 is 5.63 Å². The Hall–Kier alpha value is -2.59. The number of benzene rings is 2. The summed E-state index contributed by atoms with van der Waals surface area (Å²) in [7, 11) is 0. The van der Waals surface area contributed by atoms with Gasteiger partial charge in [-0.15, -0.1) is 0 Å². The van der Waals surface area contributed by atoms with Crippen molar-refractivity contribution in [2.75, 3.05) is 0 Å². The molecule has 0 saturated carbocycles. The van der Waals surface area contributed by atoms with Gasteiger partial charge in [-0.1, -0.05) is 41.9 Å². The molecule has 25 heavy (non-hydrogen) atoms. The SMILES string of the molecule is C[C@H](CCc1ccccc1)NC(=O)c1cc2cc(Cl)ccc2oc1=O. The molecule has 4 nitrogen and oxygen atoms in total. The maximum Gasteiger partial charge on any atom is 0.349 e. The van der Waals surface area contributed by atoms with E-state index in [1.165, 1.54) is 11.6 Å². The molecule has 1 heterocycles. The standard InChI is InChI=1S/C20H18ClNO3/c1-13(7-8-14-5-3-2-4-6-14)22-19(23)17-12-15-11-16(21)9-10-18(15)25-20(17)24/h2-6,9-13H,7-8H2,1H3,(H,22,23)/t13-/m1/s1. The number of hydrogen-bond donors (Lipinski definition) is 1. The summed E-state index contributed by atoms with van der Waals surface area (Å²) in [5, 5.41) is 3.99. The second kappa shape index (κ2) is 7.53. The van der Waals surface area contributed by atoms with Crippen molar-refractivity contribution in [1.82, 2.24) is 5.32 Å². The molecule has 0 radical (unpaired) electrons. The first-order valence-corrected chi connectivity index (χ1v) is 8.49. The Morgan fingerprint density at radius 2 is 1.92 bits per heavy atom. The molecule has 3 rings (SSSR count). The molecule has 0 fully saturated rings. The van der Waals surface area contributed by atoms with Gasteiger partial charge in [-0.25, -0.2) is 4.79 Å². The third kappa shape index (κ3) is 4.28. The molecule has 0 spiro atoms. The van der Waals surface area contributed by atoms with Crippen LogP contribution >= 0.6 is 11.6 Å². The van der Waals surface area contributed by atoms with E-state index >= 15 is 0 Å². The Morgan fingerprint density at radius 3 is 2.68 bits per heavy atom. The van der Waals surface area contributed by atoms with Crippen LogP contribution in [0.25, 0.3) is 11.0 Å². The minimum absolute atomic E-state index is 0.0127. The zero-order valence-corrected chi connectivity index (χ0v) is 14.5. The predicted molar refractivity (Wildman–Crippen MR) is 99.2 cm³/mol. The second-order valence-electron chi connectivity index (χ2n) is 6.03. The zero-order chi connectivity index (χ0) is 17.8. The molecule has 2 aromatic carbocycles. The van der Waals surface area contributed by atoms with Gasteiger partial charge in [0.1, 0.15) is 11.1 Å². The third-order valence-electron chi connectivity index (χ3n) is 4.03. The lowest BCUT2D eigenvalue weighted by Crippen LogP contribution is -2.35. The van der Waals surface area contributed by atoms with Gasteiger partial charge in [0.05, 0.1) is 0 Å². The molecule has 0 aliphatic heterocycles. The number of nitrogens with one attached hydrogen (secondary N) is 1. The molecule has 1 N–H and O–H groups in total. The Bertz CT molecular complexity index is 950. The number of halogens is 1. The highest BCUT2D eigenvalue weighted by Gasteiger charge is 2.16. The maximum absolute atomic E-state index is 12.4. The van der Waals surface area contributed by atoms with E-state index < -0.39 is 11.5 Å². The summed E-state index contributed by atoms with van der Waals surface area (Å²) >= 11 is 5.95. The first-order chi connectivity index (χ1) is 12.0. The van der Waals surface area contributed by atoms with Crippen LogP contribution < -0.4 is 10.9 Å². The number of aryl methyl sites for hydroxylation is 1. The Balaban J connectivity index is 1.71. The monoisotopic (exact) mass is 355 g/mol. The van der Waals surface area contributed by atoms with Gasteiger partial charge in [-0.05, 0) is 49.6 Å². The molecule has 0 bridgehead atoms. The fourth-order valence-electron chi connectivity index (χ4n) is 2.65. The number of amides is 1. The number of carbonyl (C=O) groups excluding carboxylic acids is 1. The van der Waals surface area contributed by atoms with E-state index in [1.54, 1.807) is 18.2 Å². The average Bonchev–Trinajstić information content (AvgIpc) is 2.60. The minimum atomic E-state index is -0.650. The molecule has 128 valence electrons. The highest BCUT2D eigenvalue weighted by molar-refractivity contribution is 6.31. The summed E-state index contributed by atoms with van der Waals surface area (Å²) in [4.78, 5) is 24.5. The quantitative estimate of drug-likeness (QED) is 0.698. The summed E-state index contributed by atoms with van der Waals surface area (Å²) in [5.41, 5.74) is 0.954. The molecule has 3 aromatic rings. The number of hydrogen-bond acceptors (Lipinski definition) is 3. The maximum atomic E-state index is 12.4. The van der Waals surface area contributed by atoms with Crippen LogP contribution in [0.1, 0.15) is 29.3 Å². The molecule has 0 unspecified atom stereocenters. The summed E-state index contributed by atoms with van der Waals surface area (Å²) in [6.07, 6.45) is 1.63. The smallest absolute Gasteiger partial charge is 0.349 e. The first-order valence-electron chi connectivity index (χ1n) is 8.11. The molecular weight excluding hydrogens is 338 g/mol. The van der Waals surface area contributed by atoms with E-state index in [-0.39, 0.29) is 11.6 Å². The van der Waals surface area contributed by atoms with Gasteiger partial charge in [0.2, 0.25) is 0 Å². The van der Waals surface area contributed by atoms with E-state index in [0.29, 0.717) is 16.0 Å². The average molecular weight is 356 g/mol. The lowest BCUT2D eigenvalue weighted by molar-refractivity contribution is 0.0935. The summed E-state index contributed by atoms with van der Waals surface area (Å²) in [5.74, 6) is -0.434. The van der Waals surface area contributed by atoms with Crippen molar-refractivity contribution in [2.24, 2.45) is 0 Å². The van der Waals surface area contributed by atoms with Crippen molar-refractivity contribution in [1.29, 1.82) is 0 Å². The van der Waals surface area contributed by atoms with Crippen LogP contribution in [0.5, 0.6) is 0 Å². The highest BCUT2D eigenvalue weighted by Crippen LogP contribution is 2.19. The second-order valence-corrected chi connectivity index (χ2v) is 6.46. The predicted octanol–water partition coefficient (Wildman–Crippen LogP) is 4.20. The van der Waals surface area contributed by atoms with E-state index in [2.05, 4.69) is 17.4 Å². The van der Waals surface area contributed by atoms with Crippen molar-refractivity contribution in [3.63, 3.8) is 0 Å². The fourth-order valence-corrected chi connectivity index (χ4v) is 2.83. The van der Waals surface area contributed by atoms with Crippen LogP contribution in [0.2, 0.25) is 5.02 Å². The third-order valence-corrected chi connectivity index (χ3v) is 4.26. The molecule has 1 amide bonds. The van der Waals surface area contributed by atoms with Crippen LogP contribution in [0.15, 0.2) is 63.8 Å². The van der Waals surface area contributed by atoms with E-state index in [9.17, 15) is 9.59 Å². The Morgan fingerprint density at radius 1 is 1.16 bits per heavy atom. The molecule has 1 aromatic heterocycles. The lowest BCUT2D eigenvalue weighted by Gasteiger charge is -2.13. The van der Waals surface area contributed by atoms with E-state index in [1.807, 2.05) is 25.1 Å².